The molecule has 1 N–H and O–H groups in total. The van der Waals surface area contributed by atoms with E-state index in [9.17, 15) is 0 Å². The number of pyridine rings is 1. The van der Waals surface area contributed by atoms with Crippen LogP contribution < -0.4 is 10.1 Å². The number of rotatable bonds is 5. The maximum absolute atomic E-state index is 5.93. The summed E-state index contributed by atoms with van der Waals surface area (Å²) in [5.41, 5.74) is 2.02. The van der Waals surface area contributed by atoms with Gasteiger partial charge in [0.15, 0.2) is 0 Å². The lowest BCUT2D eigenvalue weighted by molar-refractivity contribution is 0.0904. The molecule has 5 heteroatoms. The highest BCUT2D eigenvalue weighted by molar-refractivity contribution is 6.29. The van der Waals surface area contributed by atoms with Gasteiger partial charge in [-0.25, -0.2) is 4.98 Å². The molecule has 0 aliphatic carbocycles. The zero-order chi connectivity index (χ0) is 15.2. The maximum Gasteiger partial charge on any atom is 0.142 e. The summed E-state index contributed by atoms with van der Waals surface area (Å²) in [6.45, 7) is 2.10. The number of ether oxygens (including phenoxy) is 2. The lowest BCUT2D eigenvalue weighted by Crippen LogP contribution is -2.28. The van der Waals surface area contributed by atoms with Crippen LogP contribution in [0.2, 0.25) is 5.15 Å². The molecule has 22 heavy (non-hydrogen) atoms. The number of anilines is 1. The van der Waals surface area contributed by atoms with Crippen molar-refractivity contribution in [2.45, 2.75) is 25.5 Å². The normalized spacial score (nSPS) is 15.5. The predicted molar refractivity (Wildman–Crippen MR) is 87.5 cm³/mol. The van der Waals surface area contributed by atoms with Gasteiger partial charge < -0.3 is 14.8 Å². The van der Waals surface area contributed by atoms with Crippen LogP contribution in [0.5, 0.6) is 5.75 Å². The fraction of sp³-hybridized carbons (Fsp3) is 0.353. The van der Waals surface area contributed by atoms with Crippen LogP contribution in [0.25, 0.3) is 0 Å². The average molecular weight is 319 g/mol. The molecule has 1 fully saturated rings. The van der Waals surface area contributed by atoms with Crippen molar-refractivity contribution in [1.82, 2.24) is 4.98 Å². The molecule has 1 aromatic carbocycles. The van der Waals surface area contributed by atoms with Gasteiger partial charge in [-0.2, -0.15) is 0 Å². The lowest BCUT2D eigenvalue weighted by Gasteiger charge is -2.25. The highest BCUT2D eigenvalue weighted by Gasteiger charge is 2.15. The molecule has 1 aliphatic rings. The van der Waals surface area contributed by atoms with Crippen LogP contribution in [0.15, 0.2) is 42.6 Å². The average Bonchev–Trinajstić information content (AvgIpc) is 2.56. The van der Waals surface area contributed by atoms with Crippen LogP contribution in [-0.4, -0.2) is 24.2 Å². The number of nitrogens with one attached hydrogen (secondary N) is 1. The molecule has 3 rings (SSSR count). The summed E-state index contributed by atoms with van der Waals surface area (Å²) < 4.78 is 11.3. The topological polar surface area (TPSA) is 43.4 Å². The molecule has 0 radical (unpaired) electrons. The van der Waals surface area contributed by atoms with Crippen molar-refractivity contribution in [1.29, 1.82) is 0 Å². The van der Waals surface area contributed by atoms with E-state index >= 15 is 0 Å². The van der Waals surface area contributed by atoms with Crippen molar-refractivity contribution in [3.05, 3.63) is 53.3 Å². The summed E-state index contributed by atoms with van der Waals surface area (Å²) in [4.78, 5) is 4.06. The van der Waals surface area contributed by atoms with Crippen molar-refractivity contribution in [2.24, 2.45) is 0 Å². The van der Waals surface area contributed by atoms with E-state index in [1.807, 2.05) is 30.3 Å². The summed E-state index contributed by atoms with van der Waals surface area (Å²) in [6.07, 6.45) is 3.78. The third kappa shape index (κ3) is 4.12. The molecule has 4 nitrogen and oxygen atoms in total. The highest BCUT2D eigenvalue weighted by atomic mass is 35.5. The minimum Gasteiger partial charge on any atom is -0.487 e. The van der Waals surface area contributed by atoms with Crippen LogP contribution in [0, 0.1) is 0 Å². The number of para-hydroxylation sites is 2. The minimum absolute atomic E-state index is 0.440. The summed E-state index contributed by atoms with van der Waals surface area (Å²) in [7, 11) is 0. The standard InChI is InChI=1S/C17H19ClN2O2/c18-17-6-5-13(11-19-17)12-22-16-4-2-1-3-15(16)20-14-7-9-21-10-8-14/h1-6,11,14,20H,7-10,12H2. The van der Waals surface area contributed by atoms with Gasteiger partial charge in [0.05, 0.1) is 5.69 Å². The SMILES string of the molecule is Clc1ccc(COc2ccccc2NC2CCOCC2)cn1. The Morgan fingerprint density at radius 1 is 1.18 bits per heavy atom. The molecule has 116 valence electrons. The van der Waals surface area contributed by atoms with E-state index in [1.54, 1.807) is 12.3 Å². The molecule has 1 saturated heterocycles. The smallest absolute Gasteiger partial charge is 0.142 e. The fourth-order valence-corrected chi connectivity index (χ4v) is 2.54. The molecule has 2 aromatic rings. The van der Waals surface area contributed by atoms with Crippen molar-refractivity contribution < 1.29 is 9.47 Å². The van der Waals surface area contributed by atoms with E-state index in [-0.39, 0.29) is 0 Å². The van der Waals surface area contributed by atoms with Crippen molar-refractivity contribution in [3.63, 3.8) is 0 Å². The zero-order valence-electron chi connectivity index (χ0n) is 12.3. The largest absolute Gasteiger partial charge is 0.487 e. The molecule has 0 spiro atoms. The van der Waals surface area contributed by atoms with E-state index in [0.29, 0.717) is 17.8 Å². The molecule has 0 saturated carbocycles. The second kappa shape index (κ2) is 7.47. The summed E-state index contributed by atoms with van der Waals surface area (Å²) >= 11 is 5.79. The second-order valence-corrected chi connectivity index (χ2v) is 5.69. The van der Waals surface area contributed by atoms with Gasteiger partial charge in [-0.15, -0.1) is 0 Å². The molecule has 1 aromatic heterocycles. The van der Waals surface area contributed by atoms with E-state index in [2.05, 4.69) is 10.3 Å². The second-order valence-electron chi connectivity index (χ2n) is 5.30. The van der Waals surface area contributed by atoms with Gasteiger partial charge in [0.25, 0.3) is 0 Å². The van der Waals surface area contributed by atoms with E-state index in [0.717, 1.165) is 43.1 Å². The van der Waals surface area contributed by atoms with Crippen molar-refractivity contribution in [3.8, 4) is 5.75 Å². The molecule has 0 atom stereocenters. The van der Waals surface area contributed by atoms with Gasteiger partial charge in [0, 0.05) is 31.0 Å². The number of hydrogen-bond acceptors (Lipinski definition) is 4. The lowest BCUT2D eigenvalue weighted by atomic mass is 10.1. The first-order valence-electron chi connectivity index (χ1n) is 7.48. The Morgan fingerprint density at radius 3 is 2.77 bits per heavy atom. The van der Waals surface area contributed by atoms with Gasteiger partial charge >= 0.3 is 0 Å². The predicted octanol–water partition coefficient (Wildman–Crippen LogP) is 3.90. The molecule has 1 aliphatic heterocycles. The quantitative estimate of drug-likeness (QED) is 0.849. The molecule has 0 bridgehead atoms. The Kier molecular flexibility index (Phi) is 5.14. The summed E-state index contributed by atoms with van der Waals surface area (Å²) in [6, 6.07) is 12.1. The van der Waals surface area contributed by atoms with E-state index < -0.39 is 0 Å². The third-order valence-corrected chi connectivity index (χ3v) is 3.87. The summed E-state index contributed by atoms with van der Waals surface area (Å²) in [5, 5.41) is 4.04. The van der Waals surface area contributed by atoms with Gasteiger partial charge in [0.2, 0.25) is 0 Å². The number of nitrogens with zero attached hydrogens (tertiary/aromatic N) is 1. The van der Waals surface area contributed by atoms with Gasteiger partial charge in [-0.1, -0.05) is 29.8 Å². The van der Waals surface area contributed by atoms with E-state index in [4.69, 9.17) is 21.1 Å². The monoisotopic (exact) mass is 318 g/mol. The summed E-state index contributed by atoms with van der Waals surface area (Å²) in [5.74, 6) is 0.851. The first-order chi connectivity index (χ1) is 10.8. The Hall–Kier alpha value is -1.78. The number of aromatic nitrogens is 1. The number of halogens is 1. The zero-order valence-corrected chi connectivity index (χ0v) is 13.1. The van der Waals surface area contributed by atoms with Crippen LogP contribution >= 0.6 is 11.6 Å². The first kappa shape index (κ1) is 15.1. The molecule has 0 unspecified atom stereocenters. The van der Waals surface area contributed by atoms with Crippen LogP contribution in [0.3, 0.4) is 0 Å². The Balaban J connectivity index is 1.64. The van der Waals surface area contributed by atoms with Crippen LogP contribution in [0.4, 0.5) is 5.69 Å². The van der Waals surface area contributed by atoms with Gasteiger partial charge in [-0.3, -0.25) is 0 Å². The minimum atomic E-state index is 0.440. The first-order valence-corrected chi connectivity index (χ1v) is 7.85. The molecule has 2 heterocycles. The Morgan fingerprint density at radius 2 is 2.00 bits per heavy atom. The molecular formula is C17H19ClN2O2. The van der Waals surface area contributed by atoms with Crippen molar-refractivity contribution in [2.75, 3.05) is 18.5 Å². The molecular weight excluding hydrogens is 300 g/mol. The van der Waals surface area contributed by atoms with Gasteiger partial charge in [-0.05, 0) is 31.0 Å². The van der Waals surface area contributed by atoms with E-state index in [1.165, 1.54) is 0 Å². The van der Waals surface area contributed by atoms with Gasteiger partial charge in [0.1, 0.15) is 17.5 Å². The maximum atomic E-state index is 5.93. The third-order valence-electron chi connectivity index (χ3n) is 3.65. The van der Waals surface area contributed by atoms with Crippen LogP contribution in [0.1, 0.15) is 18.4 Å². The Labute approximate surface area is 135 Å². The number of benzene rings is 1. The highest BCUT2D eigenvalue weighted by Crippen LogP contribution is 2.27. The fourth-order valence-electron chi connectivity index (χ4n) is 2.43. The number of hydrogen-bond donors (Lipinski definition) is 1. The van der Waals surface area contributed by atoms with Crippen molar-refractivity contribution >= 4 is 17.3 Å². The van der Waals surface area contributed by atoms with Crippen LogP contribution in [-0.2, 0) is 11.3 Å². The molecule has 0 amide bonds. The Bertz CT molecular complexity index is 598.